The molecule has 0 radical (unpaired) electrons. The number of nitrogens with zero attached hydrogens (tertiary/aromatic N) is 2. The molecule has 0 aliphatic heterocycles. The summed E-state index contributed by atoms with van der Waals surface area (Å²) in [5.74, 6) is 0.541. The van der Waals surface area contributed by atoms with Crippen molar-refractivity contribution in [1.82, 2.24) is 9.97 Å². The third-order valence-corrected chi connectivity index (χ3v) is 3.09. The van der Waals surface area contributed by atoms with Crippen molar-refractivity contribution < 1.29 is 9.53 Å². The second kappa shape index (κ2) is 6.90. The number of methoxy groups -OCH3 is 1. The van der Waals surface area contributed by atoms with Gasteiger partial charge in [-0.2, -0.15) is 4.98 Å². The number of amides is 1. The van der Waals surface area contributed by atoms with E-state index in [1.54, 1.807) is 7.11 Å². The van der Waals surface area contributed by atoms with Gasteiger partial charge >= 0.3 is 0 Å². The Morgan fingerprint density at radius 2 is 2.19 bits per heavy atom. The average Bonchev–Trinajstić information content (AvgIpc) is 2.47. The van der Waals surface area contributed by atoms with E-state index in [4.69, 9.17) is 22.1 Å². The first-order valence-corrected chi connectivity index (χ1v) is 6.67. The number of hydrogen-bond donors (Lipinski definition) is 2. The number of halogens is 1. The van der Waals surface area contributed by atoms with Crippen molar-refractivity contribution in [2.75, 3.05) is 19.0 Å². The molecular weight excluding hydrogens is 292 g/mol. The molecule has 0 fully saturated rings. The summed E-state index contributed by atoms with van der Waals surface area (Å²) in [6.07, 6.45) is 2.01. The first-order valence-electron chi connectivity index (χ1n) is 6.30. The van der Waals surface area contributed by atoms with Gasteiger partial charge in [-0.1, -0.05) is 18.2 Å². The Kier molecular flexibility index (Phi) is 4.94. The van der Waals surface area contributed by atoms with Gasteiger partial charge in [0.1, 0.15) is 11.6 Å². The lowest BCUT2D eigenvalue weighted by Gasteiger charge is -2.11. The van der Waals surface area contributed by atoms with Gasteiger partial charge in [-0.05, 0) is 29.7 Å². The molecule has 0 saturated heterocycles. The third-order valence-electron chi connectivity index (χ3n) is 2.90. The smallest absolute Gasteiger partial charge is 0.254 e. The van der Waals surface area contributed by atoms with Crippen LogP contribution in [0.4, 0.5) is 5.82 Å². The lowest BCUT2D eigenvalue weighted by atomic mass is 10.1. The van der Waals surface area contributed by atoms with E-state index in [-0.39, 0.29) is 10.8 Å². The number of carbonyl (C=O) groups is 1. The van der Waals surface area contributed by atoms with Crippen molar-refractivity contribution in [3.8, 4) is 5.75 Å². The van der Waals surface area contributed by atoms with Crippen molar-refractivity contribution in [2.45, 2.75) is 6.42 Å². The highest BCUT2D eigenvalue weighted by molar-refractivity contribution is 6.28. The molecule has 0 spiro atoms. The maximum absolute atomic E-state index is 11.3. The SMILES string of the molecule is COc1ccccc1CCNc1nc(Cl)ncc1C(N)=O. The van der Waals surface area contributed by atoms with Crippen LogP contribution in [-0.4, -0.2) is 29.5 Å². The van der Waals surface area contributed by atoms with Crippen LogP contribution in [0.15, 0.2) is 30.5 Å². The molecule has 1 aromatic heterocycles. The predicted octanol–water partition coefficient (Wildman–Crippen LogP) is 1.89. The van der Waals surface area contributed by atoms with Gasteiger partial charge in [0.2, 0.25) is 5.28 Å². The fourth-order valence-electron chi connectivity index (χ4n) is 1.90. The molecule has 0 unspecified atom stereocenters. The van der Waals surface area contributed by atoms with E-state index in [0.29, 0.717) is 18.8 Å². The first kappa shape index (κ1) is 15.1. The number of benzene rings is 1. The van der Waals surface area contributed by atoms with Crippen LogP contribution in [0.1, 0.15) is 15.9 Å². The number of aromatic nitrogens is 2. The number of para-hydroxylation sites is 1. The second-order valence-corrected chi connectivity index (χ2v) is 4.59. The fraction of sp³-hybridized carbons (Fsp3) is 0.214. The lowest BCUT2D eigenvalue weighted by molar-refractivity contribution is 0.100. The number of primary amides is 1. The first-order chi connectivity index (χ1) is 10.1. The van der Waals surface area contributed by atoms with E-state index >= 15 is 0 Å². The molecule has 0 atom stereocenters. The molecule has 2 aromatic rings. The highest BCUT2D eigenvalue weighted by Gasteiger charge is 2.11. The summed E-state index contributed by atoms with van der Waals surface area (Å²) < 4.78 is 5.28. The van der Waals surface area contributed by atoms with Crippen LogP contribution in [0.3, 0.4) is 0 Å². The predicted molar refractivity (Wildman–Crippen MR) is 80.7 cm³/mol. The normalized spacial score (nSPS) is 10.2. The molecule has 21 heavy (non-hydrogen) atoms. The van der Waals surface area contributed by atoms with Crippen LogP contribution < -0.4 is 15.8 Å². The zero-order valence-corrected chi connectivity index (χ0v) is 12.2. The number of ether oxygens (including phenoxy) is 1. The Hall–Kier alpha value is -2.34. The minimum absolute atomic E-state index is 0.0554. The molecule has 0 aliphatic rings. The van der Waals surface area contributed by atoms with Crippen LogP contribution in [0.5, 0.6) is 5.75 Å². The molecule has 2 rings (SSSR count). The van der Waals surface area contributed by atoms with E-state index in [0.717, 1.165) is 11.3 Å². The summed E-state index contributed by atoms with van der Waals surface area (Å²) in [6.45, 7) is 0.550. The van der Waals surface area contributed by atoms with Gasteiger partial charge in [0.05, 0.1) is 12.7 Å². The summed E-state index contributed by atoms with van der Waals surface area (Å²) in [5, 5.41) is 3.10. The van der Waals surface area contributed by atoms with E-state index in [2.05, 4.69) is 15.3 Å². The summed E-state index contributed by atoms with van der Waals surface area (Å²) in [4.78, 5) is 19.0. The number of nitrogens with two attached hydrogens (primary N) is 1. The van der Waals surface area contributed by atoms with E-state index in [1.165, 1.54) is 6.20 Å². The van der Waals surface area contributed by atoms with Crippen LogP contribution in [0.2, 0.25) is 5.28 Å². The molecular formula is C14H15ClN4O2. The van der Waals surface area contributed by atoms with Gasteiger partial charge in [0, 0.05) is 12.7 Å². The topological polar surface area (TPSA) is 90.1 Å². The average molecular weight is 307 g/mol. The molecule has 6 nitrogen and oxygen atoms in total. The van der Waals surface area contributed by atoms with Crippen molar-refractivity contribution in [3.63, 3.8) is 0 Å². The quantitative estimate of drug-likeness (QED) is 0.795. The van der Waals surface area contributed by atoms with Gasteiger partial charge in [0.15, 0.2) is 0 Å². The molecule has 1 heterocycles. The maximum Gasteiger partial charge on any atom is 0.254 e. The Morgan fingerprint density at radius 3 is 2.90 bits per heavy atom. The molecule has 0 bridgehead atoms. The standard InChI is InChI=1S/C14H15ClN4O2/c1-21-11-5-3-2-4-9(11)6-7-17-13-10(12(16)20)8-18-14(15)19-13/h2-5,8H,6-7H2,1H3,(H2,16,20)(H,17,18,19). The highest BCUT2D eigenvalue weighted by Crippen LogP contribution is 2.18. The molecule has 1 amide bonds. The summed E-state index contributed by atoms with van der Waals surface area (Å²) in [5.41, 5.74) is 6.53. The van der Waals surface area contributed by atoms with Crippen LogP contribution in [0.25, 0.3) is 0 Å². The van der Waals surface area contributed by atoms with E-state index < -0.39 is 5.91 Å². The van der Waals surface area contributed by atoms with E-state index in [9.17, 15) is 4.79 Å². The molecule has 1 aromatic carbocycles. The number of rotatable bonds is 6. The minimum Gasteiger partial charge on any atom is -0.496 e. The molecule has 0 aliphatic carbocycles. The Morgan fingerprint density at radius 1 is 1.43 bits per heavy atom. The number of carbonyl (C=O) groups excluding carboxylic acids is 1. The number of anilines is 1. The second-order valence-electron chi connectivity index (χ2n) is 4.25. The van der Waals surface area contributed by atoms with Crippen LogP contribution in [0, 0.1) is 0 Å². The lowest BCUT2D eigenvalue weighted by Crippen LogP contribution is -2.17. The van der Waals surface area contributed by atoms with Crippen molar-refractivity contribution in [3.05, 3.63) is 46.9 Å². The summed E-state index contributed by atoms with van der Waals surface area (Å²) >= 11 is 5.73. The van der Waals surface area contributed by atoms with Crippen molar-refractivity contribution in [1.29, 1.82) is 0 Å². The number of nitrogens with one attached hydrogen (secondary N) is 1. The minimum atomic E-state index is -0.605. The Balaban J connectivity index is 2.07. The molecule has 110 valence electrons. The van der Waals surface area contributed by atoms with Crippen molar-refractivity contribution >= 4 is 23.3 Å². The molecule has 3 N–H and O–H groups in total. The highest BCUT2D eigenvalue weighted by atomic mass is 35.5. The van der Waals surface area contributed by atoms with Gasteiger partial charge in [-0.25, -0.2) is 4.98 Å². The Labute approximate surface area is 127 Å². The van der Waals surface area contributed by atoms with Gasteiger partial charge in [0.25, 0.3) is 5.91 Å². The molecule has 0 saturated carbocycles. The van der Waals surface area contributed by atoms with Crippen LogP contribution >= 0.6 is 11.6 Å². The summed E-state index contributed by atoms with van der Waals surface area (Å²) in [6, 6.07) is 7.72. The fourth-order valence-corrected chi connectivity index (χ4v) is 2.03. The number of hydrogen-bond acceptors (Lipinski definition) is 5. The van der Waals surface area contributed by atoms with Gasteiger partial charge < -0.3 is 15.8 Å². The molecule has 7 heteroatoms. The van der Waals surface area contributed by atoms with Crippen LogP contribution in [-0.2, 0) is 6.42 Å². The van der Waals surface area contributed by atoms with Crippen molar-refractivity contribution in [2.24, 2.45) is 5.73 Å². The van der Waals surface area contributed by atoms with Gasteiger partial charge in [-0.15, -0.1) is 0 Å². The third kappa shape index (κ3) is 3.82. The summed E-state index contributed by atoms with van der Waals surface area (Å²) in [7, 11) is 1.63. The Bertz CT molecular complexity index is 649. The zero-order valence-electron chi connectivity index (χ0n) is 11.5. The zero-order chi connectivity index (χ0) is 15.2. The maximum atomic E-state index is 11.3. The largest absolute Gasteiger partial charge is 0.496 e. The van der Waals surface area contributed by atoms with E-state index in [1.807, 2.05) is 24.3 Å². The monoisotopic (exact) mass is 306 g/mol. The van der Waals surface area contributed by atoms with Gasteiger partial charge in [-0.3, -0.25) is 4.79 Å².